The third kappa shape index (κ3) is 2.55. The van der Waals surface area contributed by atoms with Crippen molar-refractivity contribution in [3.05, 3.63) is 51.3 Å². The average molecular weight is 383 g/mol. The molecule has 9 heteroatoms. The largest absolute Gasteiger partial charge is 0.497 e. The van der Waals surface area contributed by atoms with Crippen molar-refractivity contribution in [1.82, 2.24) is 23.1 Å². The first-order valence-electron chi connectivity index (χ1n) is 8.78. The second-order valence-electron chi connectivity index (χ2n) is 6.55. The van der Waals surface area contributed by atoms with E-state index in [1.807, 2.05) is 35.0 Å². The Bertz CT molecular complexity index is 1310. The smallest absolute Gasteiger partial charge is 0.332 e. The van der Waals surface area contributed by atoms with Gasteiger partial charge < -0.3 is 14.0 Å². The maximum absolute atomic E-state index is 12.8. The molecule has 146 valence electrons. The molecule has 0 aliphatic carbocycles. The van der Waals surface area contributed by atoms with E-state index in [-0.39, 0.29) is 5.56 Å². The van der Waals surface area contributed by atoms with Crippen LogP contribution >= 0.6 is 0 Å². The summed E-state index contributed by atoms with van der Waals surface area (Å²) in [6.45, 7) is 1.01. The molecule has 4 rings (SSSR count). The summed E-state index contributed by atoms with van der Waals surface area (Å²) < 4.78 is 16.8. The number of hydrogen-bond donors (Lipinski definition) is 0. The van der Waals surface area contributed by atoms with Crippen molar-refractivity contribution >= 4 is 16.9 Å². The molecule has 0 bridgehead atoms. The van der Waals surface area contributed by atoms with Crippen LogP contribution in [-0.4, -0.2) is 43.9 Å². The summed E-state index contributed by atoms with van der Waals surface area (Å²) in [6.07, 6.45) is 1.86. The molecule has 0 aliphatic rings. The highest BCUT2D eigenvalue weighted by molar-refractivity contribution is 5.78. The normalized spacial score (nSPS) is 11.6. The monoisotopic (exact) mass is 383 g/mol. The zero-order valence-corrected chi connectivity index (χ0v) is 16.2. The number of benzene rings is 1. The number of imidazole rings is 2. The fraction of sp³-hybridized carbons (Fsp3) is 0.316. The zero-order valence-electron chi connectivity index (χ0n) is 16.2. The Morgan fingerprint density at radius 1 is 1.11 bits per heavy atom. The van der Waals surface area contributed by atoms with Crippen molar-refractivity contribution in [3.63, 3.8) is 0 Å². The summed E-state index contributed by atoms with van der Waals surface area (Å²) in [5.41, 5.74) is 1.72. The van der Waals surface area contributed by atoms with Crippen molar-refractivity contribution in [3.8, 4) is 17.0 Å². The molecule has 9 nitrogen and oxygen atoms in total. The van der Waals surface area contributed by atoms with Gasteiger partial charge in [0.05, 0.1) is 19.4 Å². The fourth-order valence-electron chi connectivity index (χ4n) is 3.43. The average Bonchev–Trinajstić information content (AvgIpc) is 3.25. The van der Waals surface area contributed by atoms with E-state index >= 15 is 0 Å². The van der Waals surface area contributed by atoms with Gasteiger partial charge in [-0.25, -0.2) is 4.79 Å². The molecule has 0 saturated heterocycles. The maximum Gasteiger partial charge on any atom is 0.332 e. The van der Waals surface area contributed by atoms with E-state index in [1.54, 1.807) is 25.7 Å². The first kappa shape index (κ1) is 18.1. The summed E-state index contributed by atoms with van der Waals surface area (Å²) in [4.78, 5) is 29.6. The summed E-state index contributed by atoms with van der Waals surface area (Å²) in [6, 6.07) is 7.67. The number of hydrogen-bond acceptors (Lipinski definition) is 5. The van der Waals surface area contributed by atoms with Crippen LogP contribution in [0, 0.1) is 0 Å². The zero-order chi connectivity index (χ0) is 20.0. The standard InChI is InChI=1S/C19H21N5O4/c1-21-16-15(17(25)22(2)19(21)26)24-11-14(12-6-5-7-13(10-12)28-4)23(8-9-27-3)18(24)20-16/h5-7,10-11H,8-9H2,1-4H3. The lowest BCUT2D eigenvalue weighted by Crippen LogP contribution is -2.37. The molecule has 0 N–H and O–H groups in total. The lowest BCUT2D eigenvalue weighted by atomic mass is 10.1. The molecule has 4 aromatic rings. The highest BCUT2D eigenvalue weighted by Crippen LogP contribution is 2.27. The molecule has 0 atom stereocenters. The first-order chi connectivity index (χ1) is 13.5. The molecule has 0 amide bonds. The van der Waals surface area contributed by atoms with Gasteiger partial charge in [-0.15, -0.1) is 0 Å². The van der Waals surface area contributed by atoms with Gasteiger partial charge >= 0.3 is 5.69 Å². The predicted octanol–water partition coefficient (Wildman–Crippen LogP) is 1.01. The predicted molar refractivity (Wildman–Crippen MR) is 105 cm³/mol. The topological polar surface area (TPSA) is 84.7 Å². The van der Waals surface area contributed by atoms with Gasteiger partial charge in [-0.05, 0) is 12.1 Å². The third-order valence-corrected chi connectivity index (χ3v) is 4.94. The van der Waals surface area contributed by atoms with E-state index in [0.29, 0.717) is 30.1 Å². The SMILES string of the molecule is COCCn1c(-c2cccc(OC)c2)cn2c3c(=O)n(C)c(=O)n(C)c3nc12. The van der Waals surface area contributed by atoms with E-state index in [4.69, 9.17) is 9.47 Å². The molecule has 0 saturated carbocycles. The number of ether oxygens (including phenoxy) is 2. The van der Waals surface area contributed by atoms with Gasteiger partial charge in [-0.2, -0.15) is 4.98 Å². The molecule has 0 unspecified atom stereocenters. The molecule has 3 heterocycles. The molecule has 28 heavy (non-hydrogen) atoms. The van der Waals surface area contributed by atoms with Crippen LogP contribution < -0.4 is 16.0 Å². The summed E-state index contributed by atoms with van der Waals surface area (Å²) in [5, 5.41) is 0. The minimum atomic E-state index is -0.408. The number of rotatable bonds is 5. The first-order valence-corrected chi connectivity index (χ1v) is 8.78. The fourth-order valence-corrected chi connectivity index (χ4v) is 3.43. The van der Waals surface area contributed by atoms with E-state index < -0.39 is 5.69 Å². The Kier molecular flexibility index (Phi) is 4.31. The molecule has 0 aliphatic heterocycles. The van der Waals surface area contributed by atoms with Gasteiger partial charge in [0.1, 0.15) is 5.75 Å². The summed E-state index contributed by atoms with van der Waals surface area (Å²) in [7, 11) is 6.33. The van der Waals surface area contributed by atoms with Crippen LogP contribution in [0.4, 0.5) is 0 Å². The van der Waals surface area contributed by atoms with E-state index in [1.165, 1.54) is 11.6 Å². The van der Waals surface area contributed by atoms with Crippen molar-refractivity contribution in [2.75, 3.05) is 20.8 Å². The number of aryl methyl sites for hydroxylation is 1. The molecule has 3 aromatic heterocycles. The minimum Gasteiger partial charge on any atom is -0.497 e. The highest BCUT2D eigenvalue weighted by atomic mass is 16.5. The van der Waals surface area contributed by atoms with Crippen LogP contribution in [0.5, 0.6) is 5.75 Å². The van der Waals surface area contributed by atoms with E-state index in [2.05, 4.69) is 4.98 Å². The van der Waals surface area contributed by atoms with Crippen LogP contribution in [-0.2, 0) is 25.4 Å². The number of fused-ring (bicyclic) bond motifs is 3. The summed E-state index contributed by atoms with van der Waals surface area (Å²) >= 11 is 0. The molecule has 0 fully saturated rings. The number of aromatic nitrogens is 5. The second-order valence-corrected chi connectivity index (χ2v) is 6.55. The Labute approximate surface area is 160 Å². The molecule has 1 aromatic carbocycles. The molecular formula is C19H21N5O4. The van der Waals surface area contributed by atoms with Crippen LogP contribution in [0.1, 0.15) is 0 Å². The van der Waals surface area contributed by atoms with Crippen LogP contribution in [0.15, 0.2) is 40.1 Å². The molecular weight excluding hydrogens is 362 g/mol. The van der Waals surface area contributed by atoms with Crippen molar-refractivity contribution in [1.29, 1.82) is 0 Å². The van der Waals surface area contributed by atoms with Gasteiger partial charge in [0.15, 0.2) is 11.2 Å². The Morgan fingerprint density at radius 2 is 1.89 bits per heavy atom. The quantitative estimate of drug-likeness (QED) is 0.514. The van der Waals surface area contributed by atoms with Crippen LogP contribution in [0.2, 0.25) is 0 Å². The Hall–Kier alpha value is -3.33. The van der Waals surface area contributed by atoms with E-state index in [9.17, 15) is 9.59 Å². The van der Waals surface area contributed by atoms with Crippen LogP contribution in [0.3, 0.4) is 0 Å². The molecule has 0 spiro atoms. The van der Waals surface area contributed by atoms with Gasteiger partial charge in [0.25, 0.3) is 5.56 Å². The lowest BCUT2D eigenvalue weighted by molar-refractivity contribution is 0.188. The van der Waals surface area contributed by atoms with E-state index in [0.717, 1.165) is 21.6 Å². The second kappa shape index (κ2) is 6.68. The maximum atomic E-state index is 12.8. The highest BCUT2D eigenvalue weighted by Gasteiger charge is 2.20. The van der Waals surface area contributed by atoms with Crippen molar-refractivity contribution < 1.29 is 9.47 Å². The van der Waals surface area contributed by atoms with Crippen molar-refractivity contribution in [2.24, 2.45) is 14.1 Å². The van der Waals surface area contributed by atoms with Gasteiger partial charge in [-0.1, -0.05) is 12.1 Å². The number of nitrogens with zero attached hydrogens (tertiary/aromatic N) is 5. The third-order valence-electron chi connectivity index (χ3n) is 4.94. The van der Waals surface area contributed by atoms with Gasteiger partial charge in [0, 0.05) is 39.5 Å². The van der Waals surface area contributed by atoms with Gasteiger partial charge in [0.2, 0.25) is 5.78 Å². The van der Waals surface area contributed by atoms with Crippen LogP contribution in [0.25, 0.3) is 28.2 Å². The summed E-state index contributed by atoms with van der Waals surface area (Å²) in [5.74, 6) is 1.31. The van der Waals surface area contributed by atoms with Gasteiger partial charge in [-0.3, -0.25) is 18.3 Å². The minimum absolute atomic E-state index is 0.353. The lowest BCUT2D eigenvalue weighted by Gasteiger charge is -2.09. The Balaban J connectivity index is 2.09. The number of methoxy groups -OCH3 is 2. The Morgan fingerprint density at radius 3 is 2.61 bits per heavy atom. The van der Waals surface area contributed by atoms with Crippen molar-refractivity contribution in [2.45, 2.75) is 6.54 Å². The molecule has 0 radical (unpaired) electrons.